The van der Waals surface area contributed by atoms with E-state index in [2.05, 4.69) is 22.3 Å². The van der Waals surface area contributed by atoms with Crippen LogP contribution in [-0.4, -0.2) is 34.0 Å². The molecule has 1 aromatic rings. The Morgan fingerprint density at radius 3 is 3.00 bits per heavy atom. The van der Waals surface area contributed by atoms with Crippen LogP contribution in [0.4, 0.5) is 0 Å². The average molecular weight is 303 g/mol. The maximum absolute atomic E-state index is 12.5. The van der Waals surface area contributed by atoms with Crippen LogP contribution in [0.1, 0.15) is 69.5 Å². The molecule has 1 amide bonds. The molecule has 2 heterocycles. The van der Waals surface area contributed by atoms with Crippen molar-refractivity contribution in [2.24, 2.45) is 5.92 Å². The molecule has 1 aliphatic heterocycles. The summed E-state index contributed by atoms with van der Waals surface area (Å²) in [6.07, 6.45) is 9.30. The Hall–Kier alpha value is -1.65. The van der Waals surface area contributed by atoms with E-state index in [0.29, 0.717) is 18.2 Å². The molecule has 0 aromatic carbocycles. The third kappa shape index (κ3) is 3.39. The van der Waals surface area contributed by atoms with Crippen molar-refractivity contribution in [2.75, 3.05) is 13.1 Å². The van der Waals surface area contributed by atoms with Crippen LogP contribution >= 0.6 is 0 Å². The van der Waals surface area contributed by atoms with E-state index >= 15 is 0 Å². The molecule has 1 aliphatic carbocycles. The van der Waals surface area contributed by atoms with Gasteiger partial charge in [0.25, 0.3) is 0 Å². The maximum atomic E-state index is 12.5. The van der Waals surface area contributed by atoms with Gasteiger partial charge in [0.1, 0.15) is 0 Å². The van der Waals surface area contributed by atoms with Crippen molar-refractivity contribution in [2.45, 2.75) is 57.8 Å². The Kier molecular flexibility index (Phi) is 4.60. The molecule has 120 valence electrons. The molecule has 1 fully saturated rings. The van der Waals surface area contributed by atoms with E-state index in [1.54, 1.807) is 0 Å². The van der Waals surface area contributed by atoms with Crippen molar-refractivity contribution in [3.63, 3.8) is 0 Å². The van der Waals surface area contributed by atoms with Crippen LogP contribution in [0.25, 0.3) is 0 Å². The Morgan fingerprint density at radius 1 is 1.45 bits per heavy atom. The Bertz CT molecular complexity index is 550. The SMILES string of the molecule is CC(C)c1nc(C2CCCN(C(=O)CC3C=CCC3)C2)no1. The van der Waals surface area contributed by atoms with Crippen LogP contribution in [-0.2, 0) is 4.79 Å². The van der Waals surface area contributed by atoms with Gasteiger partial charge in [0, 0.05) is 31.3 Å². The first-order valence-corrected chi connectivity index (χ1v) is 8.41. The number of piperidine rings is 1. The first kappa shape index (κ1) is 15.3. The van der Waals surface area contributed by atoms with Gasteiger partial charge in [0.2, 0.25) is 11.8 Å². The zero-order valence-electron chi connectivity index (χ0n) is 13.5. The normalized spacial score (nSPS) is 25.1. The van der Waals surface area contributed by atoms with Gasteiger partial charge >= 0.3 is 0 Å². The summed E-state index contributed by atoms with van der Waals surface area (Å²) < 4.78 is 5.31. The van der Waals surface area contributed by atoms with Crippen LogP contribution in [0.2, 0.25) is 0 Å². The van der Waals surface area contributed by atoms with Gasteiger partial charge in [-0.05, 0) is 31.6 Å². The van der Waals surface area contributed by atoms with Gasteiger partial charge in [0.15, 0.2) is 5.82 Å². The number of allylic oxidation sites excluding steroid dienone is 2. The van der Waals surface area contributed by atoms with Crippen molar-refractivity contribution in [3.8, 4) is 0 Å². The molecule has 2 atom stereocenters. The highest BCUT2D eigenvalue weighted by Crippen LogP contribution is 2.28. The van der Waals surface area contributed by atoms with Crippen LogP contribution < -0.4 is 0 Å². The second kappa shape index (κ2) is 6.63. The number of hydrogen-bond acceptors (Lipinski definition) is 4. The van der Waals surface area contributed by atoms with E-state index in [-0.39, 0.29) is 17.7 Å². The molecular formula is C17H25N3O2. The quantitative estimate of drug-likeness (QED) is 0.801. The summed E-state index contributed by atoms with van der Waals surface area (Å²) in [7, 11) is 0. The lowest BCUT2D eigenvalue weighted by Crippen LogP contribution is -2.39. The van der Waals surface area contributed by atoms with E-state index in [9.17, 15) is 4.79 Å². The summed E-state index contributed by atoms with van der Waals surface area (Å²) in [5, 5.41) is 4.12. The van der Waals surface area contributed by atoms with Crippen LogP contribution in [0.5, 0.6) is 0 Å². The second-order valence-electron chi connectivity index (χ2n) is 6.79. The van der Waals surface area contributed by atoms with Crippen molar-refractivity contribution in [1.82, 2.24) is 15.0 Å². The van der Waals surface area contributed by atoms with Crippen molar-refractivity contribution in [1.29, 1.82) is 0 Å². The number of rotatable bonds is 4. The number of amides is 1. The average Bonchev–Trinajstić information content (AvgIpc) is 3.18. The summed E-state index contributed by atoms with van der Waals surface area (Å²) >= 11 is 0. The number of nitrogens with zero attached hydrogens (tertiary/aromatic N) is 3. The lowest BCUT2D eigenvalue weighted by atomic mass is 9.96. The minimum absolute atomic E-state index is 0.216. The van der Waals surface area contributed by atoms with Gasteiger partial charge in [-0.3, -0.25) is 4.79 Å². The highest BCUT2D eigenvalue weighted by molar-refractivity contribution is 5.77. The van der Waals surface area contributed by atoms with Crippen molar-refractivity contribution >= 4 is 5.91 Å². The predicted octanol–water partition coefficient (Wildman–Crippen LogP) is 3.26. The third-order valence-electron chi connectivity index (χ3n) is 4.64. The number of carbonyl (C=O) groups is 1. The molecule has 0 N–H and O–H groups in total. The predicted molar refractivity (Wildman–Crippen MR) is 83.4 cm³/mol. The van der Waals surface area contributed by atoms with Crippen LogP contribution in [0.15, 0.2) is 16.7 Å². The molecule has 0 bridgehead atoms. The molecular weight excluding hydrogens is 278 g/mol. The van der Waals surface area contributed by atoms with E-state index in [4.69, 9.17) is 4.52 Å². The smallest absolute Gasteiger partial charge is 0.229 e. The van der Waals surface area contributed by atoms with E-state index in [1.807, 2.05) is 18.7 Å². The van der Waals surface area contributed by atoms with Gasteiger partial charge in [-0.25, -0.2) is 0 Å². The fourth-order valence-corrected chi connectivity index (χ4v) is 3.28. The van der Waals surface area contributed by atoms with E-state index in [1.165, 1.54) is 0 Å². The zero-order chi connectivity index (χ0) is 15.5. The summed E-state index contributed by atoms with van der Waals surface area (Å²) in [6, 6.07) is 0. The number of carbonyl (C=O) groups excluding carboxylic acids is 1. The minimum atomic E-state index is 0.216. The Morgan fingerprint density at radius 2 is 2.32 bits per heavy atom. The van der Waals surface area contributed by atoms with Crippen molar-refractivity contribution in [3.05, 3.63) is 23.9 Å². The highest BCUT2D eigenvalue weighted by Gasteiger charge is 2.29. The summed E-state index contributed by atoms with van der Waals surface area (Å²) in [6.45, 7) is 5.68. The molecule has 0 spiro atoms. The highest BCUT2D eigenvalue weighted by atomic mass is 16.5. The van der Waals surface area contributed by atoms with Gasteiger partial charge in [-0.2, -0.15) is 4.98 Å². The Balaban J connectivity index is 1.60. The van der Waals surface area contributed by atoms with E-state index < -0.39 is 0 Å². The molecule has 5 nitrogen and oxygen atoms in total. The maximum Gasteiger partial charge on any atom is 0.229 e. The molecule has 3 rings (SSSR count). The topological polar surface area (TPSA) is 59.2 Å². The Labute approximate surface area is 131 Å². The molecule has 1 saturated heterocycles. The number of aromatic nitrogens is 2. The molecule has 2 aliphatic rings. The van der Waals surface area contributed by atoms with Gasteiger partial charge in [0.05, 0.1) is 0 Å². The summed E-state index contributed by atoms with van der Waals surface area (Å²) in [5.41, 5.74) is 0. The lowest BCUT2D eigenvalue weighted by Gasteiger charge is -2.32. The molecule has 2 unspecified atom stereocenters. The molecule has 1 aromatic heterocycles. The van der Waals surface area contributed by atoms with Gasteiger partial charge < -0.3 is 9.42 Å². The number of hydrogen-bond donors (Lipinski definition) is 0. The fourth-order valence-electron chi connectivity index (χ4n) is 3.28. The standard InChI is InChI=1S/C17H25N3O2/c1-12(2)17-18-16(19-22-17)14-8-5-9-20(11-14)15(21)10-13-6-3-4-7-13/h3,6,12-14H,4-5,7-11H2,1-2H3. The van der Waals surface area contributed by atoms with E-state index in [0.717, 1.165) is 44.6 Å². The molecule has 22 heavy (non-hydrogen) atoms. The first-order chi connectivity index (χ1) is 10.6. The monoisotopic (exact) mass is 303 g/mol. The van der Waals surface area contributed by atoms with Crippen LogP contribution in [0, 0.1) is 5.92 Å². The summed E-state index contributed by atoms with van der Waals surface area (Å²) in [5.74, 6) is 2.63. The molecule has 0 radical (unpaired) electrons. The lowest BCUT2D eigenvalue weighted by molar-refractivity contribution is -0.133. The number of likely N-dealkylation sites (tertiary alicyclic amines) is 1. The molecule has 5 heteroatoms. The van der Waals surface area contributed by atoms with Crippen molar-refractivity contribution < 1.29 is 9.32 Å². The molecule has 0 saturated carbocycles. The summed E-state index contributed by atoms with van der Waals surface area (Å²) in [4.78, 5) is 19.0. The zero-order valence-corrected chi connectivity index (χ0v) is 13.5. The first-order valence-electron chi connectivity index (χ1n) is 8.41. The largest absolute Gasteiger partial charge is 0.342 e. The minimum Gasteiger partial charge on any atom is -0.342 e. The second-order valence-corrected chi connectivity index (χ2v) is 6.79. The third-order valence-corrected chi connectivity index (χ3v) is 4.64. The fraction of sp³-hybridized carbons (Fsp3) is 0.706. The van der Waals surface area contributed by atoms with Gasteiger partial charge in [-0.15, -0.1) is 0 Å². The van der Waals surface area contributed by atoms with Gasteiger partial charge in [-0.1, -0.05) is 31.2 Å². The van der Waals surface area contributed by atoms with Crippen LogP contribution in [0.3, 0.4) is 0 Å².